The Bertz CT molecular complexity index is 347. The van der Waals surface area contributed by atoms with Crippen molar-refractivity contribution >= 4 is 27.7 Å². The molecular formula is C11H16BrNO2S. The van der Waals surface area contributed by atoms with Crippen LogP contribution in [0.4, 0.5) is 0 Å². The third-order valence-corrected chi connectivity index (χ3v) is 3.50. The lowest BCUT2D eigenvalue weighted by Crippen LogP contribution is -2.16. The maximum Gasteiger partial charge on any atom is 0.160 e. The van der Waals surface area contributed by atoms with E-state index in [1.807, 2.05) is 17.8 Å². The van der Waals surface area contributed by atoms with Crippen molar-refractivity contribution in [1.82, 2.24) is 5.32 Å². The number of phenolic OH excluding ortho intramolecular Hbond substituents is 1. The lowest BCUT2D eigenvalue weighted by Gasteiger charge is -2.10. The normalized spacial score (nSPS) is 10.4. The molecule has 90 valence electrons. The van der Waals surface area contributed by atoms with Crippen molar-refractivity contribution in [3.8, 4) is 11.5 Å². The summed E-state index contributed by atoms with van der Waals surface area (Å²) in [6, 6.07) is 3.50. The Morgan fingerprint density at radius 3 is 2.88 bits per heavy atom. The van der Waals surface area contributed by atoms with Crippen molar-refractivity contribution in [3.05, 3.63) is 22.2 Å². The van der Waals surface area contributed by atoms with Crippen LogP contribution in [0.5, 0.6) is 11.5 Å². The molecule has 0 saturated heterocycles. The molecular weight excluding hydrogens is 290 g/mol. The van der Waals surface area contributed by atoms with Gasteiger partial charge in [-0.3, -0.25) is 0 Å². The predicted octanol–water partition coefficient (Wildman–Crippen LogP) is 2.62. The molecule has 3 nitrogen and oxygen atoms in total. The highest BCUT2D eigenvalue weighted by atomic mass is 79.9. The van der Waals surface area contributed by atoms with Gasteiger partial charge in [0.2, 0.25) is 0 Å². The molecule has 2 N–H and O–H groups in total. The number of hydrogen-bond acceptors (Lipinski definition) is 4. The second-order valence-corrected chi connectivity index (χ2v) is 5.12. The Hall–Kier alpha value is -0.390. The van der Waals surface area contributed by atoms with Crippen LogP contribution >= 0.6 is 27.7 Å². The van der Waals surface area contributed by atoms with E-state index in [2.05, 4.69) is 27.5 Å². The standard InChI is InChI=1S/C11H16BrNO2S/c1-15-11-5-8(7-13-3-4-16-2)9(12)6-10(11)14/h5-6,13-14H,3-4,7H2,1-2H3. The van der Waals surface area contributed by atoms with E-state index in [0.29, 0.717) is 5.75 Å². The Morgan fingerprint density at radius 1 is 1.50 bits per heavy atom. The van der Waals surface area contributed by atoms with E-state index in [0.717, 1.165) is 28.9 Å². The maximum absolute atomic E-state index is 9.55. The third kappa shape index (κ3) is 3.88. The number of aromatic hydroxyl groups is 1. The molecule has 0 aliphatic carbocycles. The van der Waals surface area contributed by atoms with E-state index in [-0.39, 0.29) is 5.75 Å². The number of methoxy groups -OCH3 is 1. The zero-order valence-corrected chi connectivity index (χ0v) is 11.8. The van der Waals surface area contributed by atoms with E-state index in [4.69, 9.17) is 4.74 Å². The topological polar surface area (TPSA) is 41.5 Å². The fourth-order valence-corrected chi connectivity index (χ4v) is 2.10. The van der Waals surface area contributed by atoms with Gasteiger partial charge in [-0.25, -0.2) is 0 Å². The van der Waals surface area contributed by atoms with Crippen LogP contribution in [0.25, 0.3) is 0 Å². The highest BCUT2D eigenvalue weighted by molar-refractivity contribution is 9.10. The van der Waals surface area contributed by atoms with Gasteiger partial charge in [0.15, 0.2) is 11.5 Å². The fourth-order valence-electron chi connectivity index (χ4n) is 1.28. The predicted molar refractivity (Wildman–Crippen MR) is 72.4 cm³/mol. The van der Waals surface area contributed by atoms with Crippen LogP contribution in [-0.2, 0) is 6.54 Å². The van der Waals surface area contributed by atoms with Crippen LogP contribution in [0.15, 0.2) is 16.6 Å². The van der Waals surface area contributed by atoms with Gasteiger partial charge in [0, 0.05) is 23.3 Å². The minimum Gasteiger partial charge on any atom is -0.504 e. The molecule has 0 aliphatic heterocycles. The molecule has 16 heavy (non-hydrogen) atoms. The third-order valence-electron chi connectivity index (χ3n) is 2.15. The summed E-state index contributed by atoms with van der Waals surface area (Å²) in [4.78, 5) is 0. The number of hydrogen-bond donors (Lipinski definition) is 2. The summed E-state index contributed by atoms with van der Waals surface area (Å²) in [5, 5.41) is 12.9. The smallest absolute Gasteiger partial charge is 0.160 e. The number of ether oxygens (including phenoxy) is 1. The van der Waals surface area contributed by atoms with Crippen LogP contribution in [0.3, 0.4) is 0 Å². The van der Waals surface area contributed by atoms with Gasteiger partial charge in [-0.2, -0.15) is 11.8 Å². The van der Waals surface area contributed by atoms with Crippen molar-refractivity contribution in [2.24, 2.45) is 0 Å². The summed E-state index contributed by atoms with van der Waals surface area (Å²) < 4.78 is 5.96. The monoisotopic (exact) mass is 305 g/mol. The molecule has 0 saturated carbocycles. The number of halogens is 1. The number of benzene rings is 1. The molecule has 0 heterocycles. The lowest BCUT2D eigenvalue weighted by molar-refractivity contribution is 0.372. The largest absolute Gasteiger partial charge is 0.504 e. The van der Waals surface area contributed by atoms with Crippen molar-refractivity contribution in [3.63, 3.8) is 0 Å². The molecule has 0 aliphatic rings. The molecule has 0 spiro atoms. The summed E-state index contributed by atoms with van der Waals surface area (Å²) >= 11 is 5.23. The van der Waals surface area contributed by atoms with Crippen LogP contribution < -0.4 is 10.1 Å². The molecule has 5 heteroatoms. The Morgan fingerprint density at radius 2 is 2.25 bits per heavy atom. The van der Waals surface area contributed by atoms with E-state index in [9.17, 15) is 5.11 Å². The zero-order valence-electron chi connectivity index (χ0n) is 9.42. The van der Waals surface area contributed by atoms with E-state index >= 15 is 0 Å². The minimum absolute atomic E-state index is 0.155. The van der Waals surface area contributed by atoms with E-state index in [1.165, 1.54) is 0 Å². The first kappa shape index (κ1) is 13.7. The van der Waals surface area contributed by atoms with Gasteiger partial charge < -0.3 is 15.2 Å². The zero-order chi connectivity index (χ0) is 12.0. The Balaban J connectivity index is 2.64. The number of nitrogens with one attached hydrogen (secondary N) is 1. The van der Waals surface area contributed by atoms with Gasteiger partial charge >= 0.3 is 0 Å². The van der Waals surface area contributed by atoms with E-state index < -0.39 is 0 Å². The highest BCUT2D eigenvalue weighted by Crippen LogP contribution is 2.32. The number of phenols is 1. The first-order chi connectivity index (χ1) is 7.69. The minimum atomic E-state index is 0.155. The maximum atomic E-state index is 9.55. The molecule has 0 bridgehead atoms. The van der Waals surface area contributed by atoms with Gasteiger partial charge in [0.1, 0.15) is 0 Å². The molecule has 1 rings (SSSR count). The quantitative estimate of drug-likeness (QED) is 0.793. The molecule has 0 amide bonds. The second-order valence-electron chi connectivity index (χ2n) is 3.29. The highest BCUT2D eigenvalue weighted by Gasteiger charge is 2.07. The average Bonchev–Trinajstić information content (AvgIpc) is 2.27. The van der Waals surface area contributed by atoms with Gasteiger partial charge in [0.25, 0.3) is 0 Å². The Labute approximate surface area is 109 Å². The molecule has 0 unspecified atom stereocenters. The summed E-state index contributed by atoms with van der Waals surface area (Å²) in [6.07, 6.45) is 2.08. The Kier molecular flexibility index (Phi) is 6.01. The van der Waals surface area contributed by atoms with Crippen LogP contribution in [-0.4, -0.2) is 30.8 Å². The van der Waals surface area contributed by atoms with Gasteiger partial charge in [-0.05, 0) is 24.0 Å². The number of rotatable bonds is 6. The van der Waals surface area contributed by atoms with Crippen LogP contribution in [0.2, 0.25) is 0 Å². The molecule has 0 aromatic heterocycles. The van der Waals surface area contributed by atoms with Crippen molar-refractivity contribution < 1.29 is 9.84 Å². The van der Waals surface area contributed by atoms with Crippen molar-refractivity contribution in [2.45, 2.75) is 6.54 Å². The SMILES string of the molecule is COc1cc(CNCCSC)c(Br)cc1O. The summed E-state index contributed by atoms with van der Waals surface area (Å²) in [6.45, 7) is 1.73. The van der Waals surface area contributed by atoms with Crippen molar-refractivity contribution in [1.29, 1.82) is 0 Å². The number of thioether (sulfide) groups is 1. The fraction of sp³-hybridized carbons (Fsp3) is 0.455. The first-order valence-corrected chi connectivity index (χ1v) is 7.12. The van der Waals surface area contributed by atoms with Crippen LogP contribution in [0, 0.1) is 0 Å². The first-order valence-electron chi connectivity index (χ1n) is 4.94. The van der Waals surface area contributed by atoms with Crippen molar-refractivity contribution in [2.75, 3.05) is 25.7 Å². The second kappa shape index (κ2) is 7.04. The van der Waals surface area contributed by atoms with E-state index in [1.54, 1.807) is 13.2 Å². The molecule has 1 aromatic carbocycles. The van der Waals surface area contributed by atoms with Crippen LogP contribution in [0.1, 0.15) is 5.56 Å². The average molecular weight is 306 g/mol. The van der Waals surface area contributed by atoms with Gasteiger partial charge in [-0.1, -0.05) is 15.9 Å². The lowest BCUT2D eigenvalue weighted by atomic mass is 10.2. The summed E-state index contributed by atoms with van der Waals surface area (Å²) in [5.41, 5.74) is 1.08. The molecule has 0 atom stereocenters. The molecule has 0 fully saturated rings. The van der Waals surface area contributed by atoms with Gasteiger partial charge in [-0.15, -0.1) is 0 Å². The summed E-state index contributed by atoms with van der Waals surface area (Å²) in [5.74, 6) is 1.75. The molecule has 0 radical (unpaired) electrons. The molecule has 1 aromatic rings. The summed E-state index contributed by atoms with van der Waals surface area (Å²) in [7, 11) is 1.55. The van der Waals surface area contributed by atoms with Gasteiger partial charge in [0.05, 0.1) is 7.11 Å².